The number of unbranched alkanes of at least 4 members (excludes halogenated alkanes) is 1. The van der Waals surface area contributed by atoms with E-state index >= 15 is 0 Å². The summed E-state index contributed by atoms with van der Waals surface area (Å²) in [7, 11) is 0. The monoisotopic (exact) mass is 1670 g/mol. The van der Waals surface area contributed by atoms with Gasteiger partial charge in [-0.25, -0.2) is 36.7 Å². The van der Waals surface area contributed by atoms with Crippen LogP contribution in [0.5, 0.6) is 0 Å². The Morgan fingerprint density at radius 3 is 1.39 bits per heavy atom. The van der Waals surface area contributed by atoms with Gasteiger partial charge in [0.1, 0.15) is 11.6 Å². The van der Waals surface area contributed by atoms with Crippen molar-refractivity contribution >= 4 is 57.5 Å². The van der Waals surface area contributed by atoms with E-state index in [-0.39, 0.29) is 59.0 Å². The Hall–Kier alpha value is -10.1. The minimum Gasteiger partial charge on any atom is -0.335 e. The van der Waals surface area contributed by atoms with Crippen molar-refractivity contribution in [3.8, 4) is 0 Å². The van der Waals surface area contributed by atoms with Crippen LogP contribution in [0.25, 0.3) is 0 Å². The molecule has 4 aliphatic heterocycles. The molecule has 24 heteroatoms. The van der Waals surface area contributed by atoms with Crippen molar-refractivity contribution in [2.24, 2.45) is 0 Å². The van der Waals surface area contributed by atoms with Crippen LogP contribution in [0, 0.1) is 32.4 Å². The fraction of sp³-hybridized carbons (Fsp3) is 0.417. The Kier molecular flexibility index (Phi) is 35.4. The first kappa shape index (κ1) is 92.2. The Morgan fingerprint density at radius 2 is 0.908 bits per heavy atom. The van der Waals surface area contributed by atoms with Crippen molar-refractivity contribution in [2.45, 2.75) is 201 Å². The Morgan fingerprint density at radius 1 is 0.458 bits per heavy atom. The Balaban J connectivity index is 0.000000169. The molecule has 5 N–H and O–H groups in total. The second-order valence-corrected chi connectivity index (χ2v) is 33.5. The third-order valence-electron chi connectivity index (χ3n) is 22.6. The number of carbonyl (C=O) groups is 4. The quantitative estimate of drug-likeness (QED) is 0.0355. The number of halogens is 7. The summed E-state index contributed by atoms with van der Waals surface area (Å²) in [5, 5.41) is 15.1. The van der Waals surface area contributed by atoms with E-state index in [0.29, 0.717) is 44.0 Å². The van der Waals surface area contributed by atoms with E-state index in [9.17, 15) is 49.9 Å². The molecule has 1 atom stereocenters. The fourth-order valence-electron chi connectivity index (χ4n) is 15.7. The van der Waals surface area contributed by atoms with Crippen molar-refractivity contribution in [2.75, 3.05) is 80.2 Å². The third-order valence-corrected chi connectivity index (χ3v) is 23.6. The van der Waals surface area contributed by atoms with E-state index in [1.807, 2.05) is 108 Å². The second-order valence-electron chi connectivity index (χ2n) is 32.2. The Bertz CT molecular complexity index is 4590. The van der Waals surface area contributed by atoms with E-state index in [1.54, 1.807) is 46.6 Å². The molecule has 4 saturated heterocycles. The van der Waals surface area contributed by atoms with Crippen LogP contribution in [-0.4, -0.2) is 148 Å². The van der Waals surface area contributed by atoms with Gasteiger partial charge in [-0.05, 0) is 199 Å². The lowest BCUT2D eigenvalue weighted by atomic mass is 10.00. The minimum atomic E-state index is -4.48. The van der Waals surface area contributed by atoms with Crippen LogP contribution >= 0.6 is 11.3 Å². The summed E-state index contributed by atoms with van der Waals surface area (Å²) in [6.45, 7) is 25.5. The van der Waals surface area contributed by atoms with E-state index in [1.165, 1.54) is 102 Å². The van der Waals surface area contributed by atoms with Gasteiger partial charge in [-0.2, -0.15) is 13.2 Å². The van der Waals surface area contributed by atoms with E-state index in [0.717, 1.165) is 157 Å². The first-order valence-electron chi connectivity index (χ1n) is 42.3. The van der Waals surface area contributed by atoms with Crippen LogP contribution in [-0.2, 0) is 44.8 Å². The van der Waals surface area contributed by atoms with Crippen molar-refractivity contribution in [1.82, 2.24) is 39.6 Å². The number of hydrogen-bond acceptors (Lipinski definition) is 9. The van der Waals surface area contributed by atoms with Gasteiger partial charge >= 0.3 is 30.3 Å². The number of anilines is 4. The highest BCUT2D eigenvalue weighted by Crippen LogP contribution is 2.34. The highest BCUT2D eigenvalue weighted by atomic mass is 32.1. The van der Waals surface area contributed by atoms with Crippen LogP contribution in [0.4, 0.5) is 72.0 Å². The molecule has 8 amide bonds. The van der Waals surface area contributed by atoms with Crippen molar-refractivity contribution < 1.29 is 49.9 Å². The molecule has 0 saturated carbocycles. The highest BCUT2D eigenvalue weighted by Gasteiger charge is 2.35. The summed E-state index contributed by atoms with van der Waals surface area (Å²) in [5.74, 6) is -3.61. The summed E-state index contributed by atoms with van der Waals surface area (Å²) in [5.41, 5.74) is 7.50. The van der Waals surface area contributed by atoms with Gasteiger partial charge in [0, 0.05) is 144 Å². The average molecular weight is 1670 g/mol. The van der Waals surface area contributed by atoms with Gasteiger partial charge < -0.3 is 45.8 Å². The number of urea groups is 4. The highest BCUT2D eigenvalue weighted by molar-refractivity contribution is 7.16. The molecule has 9 aromatic rings. The average Bonchev–Trinajstić information content (AvgIpc) is 1.47. The molecule has 4 aliphatic rings. The number of carbonyl (C=O) groups excluding carboxylic acids is 4. The second kappa shape index (κ2) is 46.1. The third kappa shape index (κ3) is 29.9. The zero-order valence-corrected chi connectivity index (χ0v) is 71.2. The summed E-state index contributed by atoms with van der Waals surface area (Å²) >= 11 is 1.63. The molecule has 0 aliphatic carbocycles. The number of hydrogen-bond donors (Lipinski definition) is 5. The SMILES string of the molecule is CCCC(C)N1CCC(N(Cc2ccccc2)C(=O)Nc2cc(C)ccc2F)CC1.CCCCN1CCC(N(Cc2ccccc2)C(=O)Nc2ccc(C)s2)CC1.Cc1ccc(CN2CCC(NC(=O)Nc3cccc(C(C)(F)F)c3)CC2)cc1.O=C(Nc1cccc(C(F)(F)F)c1)N(Cc1ccccc1)C1CCN(Cc2ccc(F)cc2)CC1. The molecular formula is C96H119F7N12O4S. The molecular weight excluding hydrogens is 1550 g/mol. The van der Waals surface area contributed by atoms with E-state index in [2.05, 4.69) is 117 Å². The maximum Gasteiger partial charge on any atom is 0.416 e. The molecule has 13 rings (SSSR count). The topological polar surface area (TPSA) is 151 Å². The number of rotatable bonds is 25. The zero-order valence-electron chi connectivity index (χ0n) is 70.4. The number of amides is 8. The maximum absolute atomic E-state index is 14.2. The maximum atomic E-state index is 14.2. The van der Waals surface area contributed by atoms with Gasteiger partial charge in [0.05, 0.1) is 16.3 Å². The van der Waals surface area contributed by atoms with Gasteiger partial charge in [0.15, 0.2) is 0 Å². The summed E-state index contributed by atoms with van der Waals surface area (Å²) in [6, 6.07) is 64.2. The molecule has 642 valence electrons. The number of aryl methyl sites for hydroxylation is 3. The number of likely N-dealkylation sites (tertiary alicyclic amines) is 4. The van der Waals surface area contributed by atoms with Crippen LogP contribution in [0.15, 0.2) is 218 Å². The summed E-state index contributed by atoms with van der Waals surface area (Å²) in [4.78, 5) is 68.4. The first-order chi connectivity index (χ1) is 57.7. The largest absolute Gasteiger partial charge is 0.416 e. The zero-order chi connectivity index (χ0) is 85.6. The van der Waals surface area contributed by atoms with Crippen LogP contribution in [0.2, 0.25) is 0 Å². The van der Waals surface area contributed by atoms with Gasteiger partial charge in [0.2, 0.25) is 0 Å². The fourth-order valence-corrected chi connectivity index (χ4v) is 16.5. The summed E-state index contributed by atoms with van der Waals surface area (Å²) < 4.78 is 93.6. The van der Waals surface area contributed by atoms with Crippen molar-refractivity contribution in [3.05, 3.63) is 285 Å². The van der Waals surface area contributed by atoms with Crippen molar-refractivity contribution in [1.29, 1.82) is 0 Å². The smallest absolute Gasteiger partial charge is 0.335 e. The lowest BCUT2D eigenvalue weighted by Gasteiger charge is -2.40. The van der Waals surface area contributed by atoms with Crippen LogP contribution in [0.3, 0.4) is 0 Å². The van der Waals surface area contributed by atoms with Gasteiger partial charge in [-0.3, -0.25) is 15.1 Å². The first-order valence-corrected chi connectivity index (χ1v) is 43.1. The van der Waals surface area contributed by atoms with Gasteiger partial charge in [-0.15, -0.1) is 11.3 Å². The summed E-state index contributed by atoms with van der Waals surface area (Å²) in [6.07, 6.45) is 7.56. The molecule has 0 spiro atoms. The standard InChI is InChI=1S/C27H27F4N3O.C25H34FN3O.C22H27F2N3O.C22H31N3OS/c28-23-11-9-21(10-12-23)18-33-15-13-25(14-16-33)34(19-20-5-2-1-3-6-20)26(35)32-24-8-4-7-22(17-24)27(29,30)31;1-4-8-20(3)28-15-13-22(14-16-28)29(18-21-9-6-5-7-10-21)25(30)27-24-17-19(2)11-12-23(24)26;1-16-6-8-17(9-7-16)15-27-12-10-19(11-13-27)25-21(28)26-20-5-3-4-18(14-20)22(2,23)24;1-3-4-14-24-15-12-20(13-16-24)25(17-19-8-6-5-7-9-19)22(26)23-21-11-10-18(2)27-21/h1-12,17,25H,13-16,18-19H2,(H,32,35);5-7,9-12,17,20,22H,4,8,13-16,18H2,1-3H3,(H,27,30);3-9,14,19H,10-13,15H2,1-2H3,(H2,25,26,28);5-11,20H,3-4,12-17H2,1-2H3,(H,23,26). The van der Waals surface area contributed by atoms with Gasteiger partial charge in [-0.1, -0.05) is 184 Å². The Labute approximate surface area is 708 Å². The molecule has 1 aromatic heterocycles. The predicted octanol–water partition coefficient (Wildman–Crippen LogP) is 22.6. The predicted molar refractivity (Wildman–Crippen MR) is 470 cm³/mol. The number of alkyl halides is 5. The molecule has 120 heavy (non-hydrogen) atoms. The van der Waals surface area contributed by atoms with Crippen molar-refractivity contribution in [3.63, 3.8) is 0 Å². The number of nitrogens with one attached hydrogen (secondary N) is 5. The molecule has 1 unspecified atom stereocenters. The van der Waals surface area contributed by atoms with E-state index < -0.39 is 29.5 Å². The lowest BCUT2D eigenvalue weighted by Crippen LogP contribution is -2.50. The molecule has 16 nitrogen and oxygen atoms in total. The molecule has 0 bridgehead atoms. The number of thiophene rings is 1. The number of benzene rings is 8. The molecule has 0 radical (unpaired) electrons. The molecule has 5 heterocycles. The van der Waals surface area contributed by atoms with Crippen LogP contribution < -0.4 is 26.6 Å². The lowest BCUT2D eigenvalue weighted by molar-refractivity contribution is -0.137. The van der Waals surface area contributed by atoms with Crippen LogP contribution in [0.1, 0.15) is 160 Å². The molecule has 8 aromatic carbocycles. The normalized spacial score (nSPS) is 15.7. The number of nitrogens with zero attached hydrogens (tertiary/aromatic N) is 7. The number of piperidine rings is 4. The van der Waals surface area contributed by atoms with E-state index in [4.69, 9.17) is 0 Å². The minimum absolute atomic E-state index is 0.0210. The van der Waals surface area contributed by atoms with Gasteiger partial charge in [0.25, 0.3) is 5.92 Å². The molecule has 4 fully saturated rings.